The third-order valence-corrected chi connectivity index (χ3v) is 5.27. The molecule has 0 spiro atoms. The molecule has 0 saturated carbocycles. The largest absolute Gasteiger partial charge is 0.347 e. The lowest BCUT2D eigenvalue weighted by atomic mass is 10.2. The van der Waals surface area contributed by atoms with Crippen LogP contribution in [-0.4, -0.2) is 50.2 Å². The smallest absolute Gasteiger partial charge is 0.243 e. The number of halogens is 1. The molecule has 0 radical (unpaired) electrons. The molecule has 0 bridgehead atoms. The third-order valence-electron chi connectivity index (χ3n) is 3.35. The lowest BCUT2D eigenvalue weighted by Crippen LogP contribution is -2.45. The van der Waals surface area contributed by atoms with Gasteiger partial charge in [-0.3, -0.25) is 4.79 Å². The number of carbonyl (C=O) groups is 1. The molecular formula is C13H17FN2O3S. The quantitative estimate of drug-likeness (QED) is 0.839. The molecule has 1 unspecified atom stereocenters. The summed E-state index contributed by atoms with van der Waals surface area (Å²) in [4.78, 5) is 13.5. The molecule has 1 amide bonds. The first kappa shape index (κ1) is 14.9. The van der Waals surface area contributed by atoms with Crippen molar-refractivity contribution in [1.82, 2.24) is 9.21 Å². The van der Waals surface area contributed by atoms with E-state index in [9.17, 15) is 17.6 Å². The summed E-state index contributed by atoms with van der Waals surface area (Å²) < 4.78 is 39.1. The number of likely N-dealkylation sites (N-methyl/N-ethyl adjacent to an activating group) is 1. The van der Waals surface area contributed by atoms with Gasteiger partial charge in [-0.05, 0) is 37.1 Å². The van der Waals surface area contributed by atoms with E-state index >= 15 is 0 Å². The second-order valence-corrected chi connectivity index (χ2v) is 6.85. The molecule has 1 aliphatic rings. The highest BCUT2D eigenvalue weighted by Gasteiger charge is 2.39. The Morgan fingerprint density at radius 2 is 1.90 bits per heavy atom. The Hall–Kier alpha value is -1.47. The monoisotopic (exact) mass is 300 g/mol. The molecular weight excluding hydrogens is 283 g/mol. The number of rotatable bonds is 3. The predicted molar refractivity (Wildman–Crippen MR) is 72.0 cm³/mol. The van der Waals surface area contributed by atoms with E-state index in [-0.39, 0.29) is 10.8 Å². The van der Waals surface area contributed by atoms with Gasteiger partial charge in [-0.2, -0.15) is 4.31 Å². The van der Waals surface area contributed by atoms with E-state index in [0.717, 1.165) is 12.1 Å². The number of hydrogen-bond donors (Lipinski definition) is 0. The van der Waals surface area contributed by atoms with Crippen LogP contribution in [0.25, 0.3) is 0 Å². The van der Waals surface area contributed by atoms with Crippen LogP contribution in [-0.2, 0) is 14.8 Å². The van der Waals surface area contributed by atoms with E-state index in [0.29, 0.717) is 19.4 Å². The first-order valence-corrected chi connectivity index (χ1v) is 7.76. The van der Waals surface area contributed by atoms with Crippen LogP contribution >= 0.6 is 0 Å². The van der Waals surface area contributed by atoms with E-state index in [1.54, 1.807) is 14.1 Å². The molecule has 1 fully saturated rings. The Kier molecular flexibility index (Phi) is 4.10. The Labute approximate surface area is 118 Å². The van der Waals surface area contributed by atoms with Crippen LogP contribution in [0, 0.1) is 5.82 Å². The van der Waals surface area contributed by atoms with Crippen LogP contribution in [0.3, 0.4) is 0 Å². The van der Waals surface area contributed by atoms with Crippen molar-refractivity contribution in [1.29, 1.82) is 0 Å². The summed E-state index contributed by atoms with van der Waals surface area (Å²) in [5.74, 6) is -0.723. The molecule has 0 N–H and O–H groups in total. The highest BCUT2D eigenvalue weighted by Crippen LogP contribution is 2.27. The first-order valence-electron chi connectivity index (χ1n) is 6.32. The molecule has 1 heterocycles. The Morgan fingerprint density at radius 3 is 2.45 bits per heavy atom. The van der Waals surface area contributed by atoms with Crippen molar-refractivity contribution in [3.05, 3.63) is 30.1 Å². The predicted octanol–water partition coefficient (Wildman–Crippen LogP) is 1.07. The minimum Gasteiger partial charge on any atom is -0.347 e. The van der Waals surface area contributed by atoms with Crippen molar-refractivity contribution in [2.24, 2.45) is 0 Å². The fourth-order valence-electron chi connectivity index (χ4n) is 2.31. The molecule has 1 saturated heterocycles. The van der Waals surface area contributed by atoms with Gasteiger partial charge in [0.2, 0.25) is 15.9 Å². The molecule has 2 rings (SSSR count). The number of benzene rings is 1. The summed E-state index contributed by atoms with van der Waals surface area (Å²) in [5.41, 5.74) is 0. The second-order valence-electron chi connectivity index (χ2n) is 4.96. The van der Waals surface area contributed by atoms with Crippen LogP contribution in [0.4, 0.5) is 4.39 Å². The minimum atomic E-state index is -3.76. The van der Waals surface area contributed by atoms with Gasteiger partial charge in [0.05, 0.1) is 4.90 Å². The first-order chi connectivity index (χ1) is 9.34. The third kappa shape index (κ3) is 2.69. The maximum absolute atomic E-state index is 12.9. The van der Waals surface area contributed by atoms with E-state index in [1.807, 2.05) is 0 Å². The number of hydrogen-bond acceptors (Lipinski definition) is 3. The van der Waals surface area contributed by atoms with Gasteiger partial charge in [0, 0.05) is 20.6 Å². The van der Waals surface area contributed by atoms with Crippen molar-refractivity contribution >= 4 is 15.9 Å². The lowest BCUT2D eigenvalue weighted by Gasteiger charge is -2.25. The maximum atomic E-state index is 12.9. The van der Waals surface area contributed by atoms with Gasteiger partial charge in [-0.1, -0.05) is 0 Å². The Balaban J connectivity index is 2.33. The van der Waals surface area contributed by atoms with Gasteiger partial charge >= 0.3 is 0 Å². The average Bonchev–Trinajstić information content (AvgIpc) is 2.88. The van der Waals surface area contributed by atoms with E-state index in [4.69, 9.17) is 0 Å². The van der Waals surface area contributed by atoms with Gasteiger partial charge in [0.15, 0.2) is 0 Å². The summed E-state index contributed by atoms with van der Waals surface area (Å²) in [7, 11) is -0.563. The standard InChI is InChI=1S/C13H17FN2O3S/c1-15(2)13(17)12-4-3-9-16(12)20(18,19)11-7-5-10(14)6-8-11/h5-8,12H,3-4,9H2,1-2H3. The zero-order valence-corrected chi connectivity index (χ0v) is 12.2. The topological polar surface area (TPSA) is 57.7 Å². The van der Waals surface area contributed by atoms with Crippen molar-refractivity contribution in [2.45, 2.75) is 23.8 Å². The summed E-state index contributed by atoms with van der Waals surface area (Å²) in [6, 6.07) is 3.98. The zero-order chi connectivity index (χ0) is 14.9. The number of nitrogens with zero attached hydrogens (tertiary/aromatic N) is 2. The van der Waals surface area contributed by atoms with Gasteiger partial charge < -0.3 is 4.90 Å². The molecule has 5 nitrogen and oxygen atoms in total. The summed E-state index contributed by atoms with van der Waals surface area (Å²) in [6.07, 6.45) is 1.15. The van der Waals surface area contributed by atoms with E-state index in [1.165, 1.54) is 21.3 Å². The second kappa shape index (κ2) is 5.49. The van der Waals surface area contributed by atoms with Crippen LogP contribution in [0.5, 0.6) is 0 Å². The number of amides is 1. The van der Waals surface area contributed by atoms with Crippen molar-refractivity contribution in [2.75, 3.05) is 20.6 Å². The van der Waals surface area contributed by atoms with Crippen molar-refractivity contribution in [3.63, 3.8) is 0 Å². The molecule has 1 aromatic rings. The van der Waals surface area contributed by atoms with Crippen LogP contribution < -0.4 is 0 Å². The molecule has 1 aliphatic heterocycles. The lowest BCUT2D eigenvalue weighted by molar-refractivity contribution is -0.132. The van der Waals surface area contributed by atoms with E-state index in [2.05, 4.69) is 0 Å². The number of sulfonamides is 1. The SMILES string of the molecule is CN(C)C(=O)C1CCCN1S(=O)(=O)c1ccc(F)cc1. The Bertz CT molecular complexity index is 599. The molecule has 0 aromatic heterocycles. The maximum Gasteiger partial charge on any atom is 0.243 e. The molecule has 0 aliphatic carbocycles. The van der Waals surface area contributed by atoms with Crippen LogP contribution in [0.15, 0.2) is 29.2 Å². The summed E-state index contributed by atoms with van der Waals surface area (Å²) >= 11 is 0. The van der Waals surface area contributed by atoms with Crippen LogP contribution in [0.1, 0.15) is 12.8 Å². The van der Waals surface area contributed by atoms with Crippen molar-refractivity contribution < 1.29 is 17.6 Å². The normalized spacial score (nSPS) is 20.1. The molecule has 1 atom stereocenters. The minimum absolute atomic E-state index is 0.0114. The zero-order valence-electron chi connectivity index (χ0n) is 11.4. The van der Waals surface area contributed by atoms with E-state index < -0.39 is 21.9 Å². The van der Waals surface area contributed by atoms with Crippen molar-refractivity contribution in [3.8, 4) is 0 Å². The molecule has 110 valence electrons. The van der Waals surface area contributed by atoms with Gasteiger partial charge in [0.25, 0.3) is 0 Å². The summed E-state index contributed by atoms with van der Waals surface area (Å²) in [6.45, 7) is 0.309. The Morgan fingerprint density at radius 1 is 1.30 bits per heavy atom. The van der Waals surface area contributed by atoms with Crippen LogP contribution in [0.2, 0.25) is 0 Å². The molecule has 1 aromatic carbocycles. The highest BCUT2D eigenvalue weighted by atomic mass is 32.2. The highest BCUT2D eigenvalue weighted by molar-refractivity contribution is 7.89. The molecule has 20 heavy (non-hydrogen) atoms. The van der Waals surface area contributed by atoms with Gasteiger partial charge in [-0.25, -0.2) is 12.8 Å². The van der Waals surface area contributed by atoms with Gasteiger partial charge in [0.1, 0.15) is 11.9 Å². The fraction of sp³-hybridized carbons (Fsp3) is 0.462. The number of carbonyl (C=O) groups excluding carboxylic acids is 1. The fourth-order valence-corrected chi connectivity index (χ4v) is 3.97. The summed E-state index contributed by atoms with van der Waals surface area (Å²) in [5, 5.41) is 0. The molecule has 7 heteroatoms. The van der Waals surface area contributed by atoms with Gasteiger partial charge in [-0.15, -0.1) is 0 Å². The average molecular weight is 300 g/mol.